The highest BCUT2D eigenvalue weighted by atomic mass is 127. The Kier molecular flexibility index (Phi) is 7.52. The van der Waals surface area contributed by atoms with Crippen molar-refractivity contribution in [2.75, 3.05) is 13.2 Å². The minimum Gasteiger partial charge on any atom is -0.489 e. The Morgan fingerprint density at radius 1 is 0.933 bits per heavy atom. The highest BCUT2D eigenvalue weighted by Gasteiger charge is 2.07. The van der Waals surface area contributed by atoms with Crippen molar-refractivity contribution in [3.8, 4) is 11.5 Å². The molecule has 0 atom stereocenters. The lowest BCUT2D eigenvalue weighted by molar-refractivity contribution is -0.139. The summed E-state index contributed by atoms with van der Waals surface area (Å²) in [6.07, 6.45) is 2.08. The summed E-state index contributed by atoms with van der Waals surface area (Å²) < 4.78 is 12.4. The zero-order valence-corrected chi connectivity index (χ0v) is 19.0. The summed E-state index contributed by atoms with van der Waals surface area (Å²) >= 11 is 2.30. The van der Waals surface area contributed by atoms with Gasteiger partial charge >= 0.3 is 5.97 Å². The summed E-state index contributed by atoms with van der Waals surface area (Å²) in [5.41, 5.74) is 5.44. The highest BCUT2D eigenvalue weighted by Crippen LogP contribution is 2.26. The average Bonchev–Trinajstić information content (AvgIpc) is 2.72. The SMILES string of the molecule is Cc1ccc(C(=CCOc2ccc(OCC(=O)O)c(C)c2)c2ccc(I)cc2)cc1. The van der Waals surface area contributed by atoms with E-state index < -0.39 is 5.97 Å². The topological polar surface area (TPSA) is 55.8 Å². The first-order valence-electron chi connectivity index (χ1n) is 9.53. The van der Waals surface area contributed by atoms with Gasteiger partial charge in [-0.3, -0.25) is 0 Å². The number of aliphatic carboxylic acids is 1. The summed E-state index contributed by atoms with van der Waals surface area (Å²) in [5, 5.41) is 8.75. The maximum absolute atomic E-state index is 10.7. The van der Waals surface area contributed by atoms with Crippen molar-refractivity contribution < 1.29 is 19.4 Å². The molecule has 0 radical (unpaired) electrons. The normalized spacial score (nSPS) is 11.2. The first-order chi connectivity index (χ1) is 14.4. The molecule has 3 aromatic rings. The van der Waals surface area contributed by atoms with Crippen LogP contribution in [0.5, 0.6) is 11.5 Å². The molecule has 0 bridgehead atoms. The van der Waals surface area contributed by atoms with Crippen LogP contribution in [-0.2, 0) is 4.79 Å². The molecular formula is C25H23IO4. The zero-order chi connectivity index (χ0) is 21.5. The number of aryl methyl sites for hydroxylation is 2. The van der Waals surface area contributed by atoms with Gasteiger partial charge in [0.2, 0.25) is 0 Å². The summed E-state index contributed by atoms with van der Waals surface area (Å²) in [4.78, 5) is 10.7. The maximum atomic E-state index is 10.7. The molecule has 154 valence electrons. The summed E-state index contributed by atoms with van der Waals surface area (Å²) in [6.45, 7) is 3.99. The van der Waals surface area contributed by atoms with Gasteiger partial charge in [0.05, 0.1) is 0 Å². The number of hydrogen-bond donors (Lipinski definition) is 1. The molecule has 0 heterocycles. The Morgan fingerprint density at radius 3 is 2.17 bits per heavy atom. The van der Waals surface area contributed by atoms with Crippen molar-refractivity contribution in [3.63, 3.8) is 0 Å². The molecular weight excluding hydrogens is 491 g/mol. The molecule has 0 saturated heterocycles. The fourth-order valence-electron chi connectivity index (χ4n) is 3.00. The van der Waals surface area contributed by atoms with Crippen LogP contribution in [0.2, 0.25) is 0 Å². The average molecular weight is 514 g/mol. The third-order valence-corrected chi connectivity index (χ3v) is 5.27. The molecule has 0 aliphatic rings. The predicted molar refractivity (Wildman–Crippen MR) is 127 cm³/mol. The van der Waals surface area contributed by atoms with Crippen LogP contribution in [0.15, 0.2) is 72.8 Å². The van der Waals surface area contributed by atoms with Crippen LogP contribution in [-0.4, -0.2) is 24.3 Å². The number of rotatable bonds is 8. The number of carboxylic acid groups (broad SMARTS) is 1. The first-order valence-corrected chi connectivity index (χ1v) is 10.6. The van der Waals surface area contributed by atoms with E-state index in [-0.39, 0.29) is 6.61 Å². The van der Waals surface area contributed by atoms with Gasteiger partial charge in [0.15, 0.2) is 6.61 Å². The fourth-order valence-corrected chi connectivity index (χ4v) is 3.36. The monoisotopic (exact) mass is 514 g/mol. The van der Waals surface area contributed by atoms with Gasteiger partial charge in [-0.05, 0) is 95.1 Å². The van der Waals surface area contributed by atoms with E-state index in [2.05, 4.69) is 84.1 Å². The van der Waals surface area contributed by atoms with E-state index in [0.717, 1.165) is 22.3 Å². The van der Waals surface area contributed by atoms with E-state index >= 15 is 0 Å². The van der Waals surface area contributed by atoms with E-state index in [0.29, 0.717) is 18.1 Å². The lowest BCUT2D eigenvalue weighted by atomic mass is 9.97. The number of ether oxygens (including phenoxy) is 2. The maximum Gasteiger partial charge on any atom is 0.341 e. The van der Waals surface area contributed by atoms with Crippen molar-refractivity contribution in [1.82, 2.24) is 0 Å². The first kappa shape index (κ1) is 21.9. The molecule has 0 saturated carbocycles. The quantitative estimate of drug-likeness (QED) is 0.382. The lowest BCUT2D eigenvalue weighted by Crippen LogP contribution is -2.10. The zero-order valence-electron chi connectivity index (χ0n) is 16.9. The molecule has 0 aliphatic carbocycles. The van der Waals surface area contributed by atoms with Crippen LogP contribution in [0, 0.1) is 17.4 Å². The Labute approximate surface area is 190 Å². The van der Waals surface area contributed by atoms with Crippen molar-refractivity contribution in [1.29, 1.82) is 0 Å². The molecule has 0 aliphatic heterocycles. The molecule has 0 amide bonds. The molecule has 0 fully saturated rings. The van der Waals surface area contributed by atoms with Crippen molar-refractivity contribution in [3.05, 3.63) is 98.6 Å². The number of carbonyl (C=O) groups is 1. The van der Waals surface area contributed by atoms with E-state index in [4.69, 9.17) is 14.6 Å². The predicted octanol–water partition coefficient (Wildman–Crippen LogP) is 5.88. The van der Waals surface area contributed by atoms with Gasteiger partial charge in [0.1, 0.15) is 18.1 Å². The van der Waals surface area contributed by atoms with Gasteiger partial charge in [0, 0.05) is 3.57 Å². The van der Waals surface area contributed by atoms with E-state index in [9.17, 15) is 4.79 Å². The Hall–Kier alpha value is -2.80. The second-order valence-electron chi connectivity index (χ2n) is 6.91. The van der Waals surface area contributed by atoms with Crippen molar-refractivity contribution in [2.24, 2.45) is 0 Å². The van der Waals surface area contributed by atoms with Crippen LogP contribution in [0.3, 0.4) is 0 Å². The molecule has 3 rings (SSSR count). The summed E-state index contributed by atoms with van der Waals surface area (Å²) in [5.74, 6) is 0.246. The van der Waals surface area contributed by atoms with Gasteiger partial charge in [-0.15, -0.1) is 0 Å². The number of hydrogen-bond acceptors (Lipinski definition) is 3. The Bertz CT molecular complexity index is 990. The van der Waals surface area contributed by atoms with Gasteiger partial charge < -0.3 is 14.6 Å². The van der Waals surface area contributed by atoms with Crippen LogP contribution in [0.1, 0.15) is 22.3 Å². The van der Waals surface area contributed by atoms with E-state index in [1.165, 1.54) is 9.13 Å². The molecule has 4 nitrogen and oxygen atoms in total. The molecule has 0 unspecified atom stereocenters. The molecule has 3 aromatic carbocycles. The van der Waals surface area contributed by atoms with Crippen molar-refractivity contribution in [2.45, 2.75) is 13.8 Å². The highest BCUT2D eigenvalue weighted by molar-refractivity contribution is 14.1. The summed E-state index contributed by atoms with van der Waals surface area (Å²) in [7, 11) is 0. The number of carboxylic acids is 1. The Morgan fingerprint density at radius 2 is 1.57 bits per heavy atom. The van der Waals surface area contributed by atoms with Gasteiger partial charge in [-0.2, -0.15) is 0 Å². The molecule has 5 heteroatoms. The van der Waals surface area contributed by atoms with Crippen LogP contribution >= 0.6 is 22.6 Å². The Balaban J connectivity index is 1.77. The second kappa shape index (κ2) is 10.3. The smallest absolute Gasteiger partial charge is 0.341 e. The van der Waals surface area contributed by atoms with Crippen LogP contribution in [0.4, 0.5) is 0 Å². The summed E-state index contributed by atoms with van der Waals surface area (Å²) in [6, 6.07) is 22.3. The number of halogens is 1. The van der Waals surface area contributed by atoms with E-state index in [1.807, 2.05) is 13.0 Å². The minimum atomic E-state index is -1.00. The molecule has 0 spiro atoms. The third kappa shape index (κ3) is 6.10. The van der Waals surface area contributed by atoms with Crippen LogP contribution < -0.4 is 9.47 Å². The fraction of sp³-hybridized carbons (Fsp3) is 0.160. The van der Waals surface area contributed by atoms with Gasteiger partial charge in [-0.25, -0.2) is 4.79 Å². The third-order valence-electron chi connectivity index (χ3n) is 4.55. The van der Waals surface area contributed by atoms with E-state index in [1.54, 1.807) is 12.1 Å². The van der Waals surface area contributed by atoms with Crippen molar-refractivity contribution >= 4 is 34.1 Å². The molecule has 1 N–H and O–H groups in total. The van der Waals surface area contributed by atoms with Crippen LogP contribution in [0.25, 0.3) is 5.57 Å². The van der Waals surface area contributed by atoms with Gasteiger partial charge in [0.25, 0.3) is 0 Å². The largest absolute Gasteiger partial charge is 0.489 e. The standard InChI is InChI=1S/C25H23IO4/c1-17-3-5-19(6-4-17)23(20-7-9-21(26)10-8-20)13-14-29-22-11-12-24(18(2)15-22)30-16-25(27)28/h3-13,15H,14,16H2,1-2H3,(H,27,28). The lowest BCUT2D eigenvalue weighted by Gasteiger charge is -2.12. The molecule has 0 aromatic heterocycles. The van der Waals surface area contributed by atoms with Gasteiger partial charge in [-0.1, -0.05) is 42.0 Å². The molecule has 30 heavy (non-hydrogen) atoms. The minimum absolute atomic E-state index is 0.361. The second-order valence-corrected chi connectivity index (χ2v) is 8.16. The number of benzene rings is 3.